The number of imidazole rings is 1. The topological polar surface area (TPSA) is 123 Å². The van der Waals surface area contributed by atoms with Gasteiger partial charge in [0.1, 0.15) is 23.6 Å². The normalized spacial score (nSPS) is 10.8. The number of benzene rings is 2. The molecule has 4 aromatic rings. The summed E-state index contributed by atoms with van der Waals surface area (Å²) in [6, 6.07) is 12.1. The third-order valence-corrected chi connectivity index (χ3v) is 4.93. The molecule has 0 bridgehead atoms. The summed E-state index contributed by atoms with van der Waals surface area (Å²) in [5.74, 6) is 0.792. The van der Waals surface area contributed by atoms with Gasteiger partial charge in [-0.05, 0) is 36.2 Å². The number of nitrogens with one attached hydrogen (secondary N) is 2. The van der Waals surface area contributed by atoms with Crippen molar-refractivity contribution in [2.45, 2.75) is 19.5 Å². The molecule has 2 amide bonds. The van der Waals surface area contributed by atoms with E-state index in [1.165, 1.54) is 11.8 Å². The van der Waals surface area contributed by atoms with E-state index in [1.807, 2.05) is 16.7 Å². The van der Waals surface area contributed by atoms with Crippen LogP contribution in [-0.4, -0.2) is 43.9 Å². The molecule has 164 valence electrons. The second-order valence-corrected chi connectivity index (χ2v) is 7.06. The Labute approximate surface area is 183 Å². The Hall–Kier alpha value is -4.34. The minimum Gasteiger partial charge on any atom is -0.508 e. The molecule has 2 heterocycles. The lowest BCUT2D eigenvalue weighted by molar-refractivity contribution is -0.117. The van der Waals surface area contributed by atoms with Crippen LogP contribution >= 0.6 is 0 Å². The zero-order valence-electron chi connectivity index (χ0n) is 17.4. The Morgan fingerprint density at radius 3 is 2.75 bits per heavy atom. The molecule has 4 rings (SSSR count). The van der Waals surface area contributed by atoms with Gasteiger partial charge in [-0.25, -0.2) is 4.98 Å². The van der Waals surface area contributed by atoms with Gasteiger partial charge < -0.3 is 19.7 Å². The number of aromatic nitrogens is 4. The number of amides is 2. The summed E-state index contributed by atoms with van der Waals surface area (Å²) in [6.45, 7) is 0.540. The van der Waals surface area contributed by atoms with Crippen molar-refractivity contribution in [1.29, 1.82) is 0 Å². The SMILES string of the molecule is COc1cc(NC=O)cc2nc(NC(=O)Cn3cccn3)n(CCc3ccc(O)cc3)c12. The van der Waals surface area contributed by atoms with Crippen molar-refractivity contribution >= 4 is 35.0 Å². The largest absolute Gasteiger partial charge is 0.508 e. The molecule has 0 saturated heterocycles. The standard InChI is InChI=1S/C22H22N6O4/c1-32-19-12-16(23-14-29)11-18-21(19)28(10-7-15-3-5-17(30)6-4-15)22(25-18)26-20(31)13-27-9-2-8-24-27/h2-6,8-9,11-12,14,30H,7,10,13H2,1H3,(H,23,29)(H,25,26,31). The molecule has 32 heavy (non-hydrogen) atoms. The Bertz CT molecular complexity index is 1230. The monoisotopic (exact) mass is 434 g/mol. The van der Waals surface area contributed by atoms with Crippen molar-refractivity contribution in [1.82, 2.24) is 19.3 Å². The number of anilines is 2. The highest BCUT2D eigenvalue weighted by molar-refractivity contribution is 5.94. The summed E-state index contributed by atoms with van der Waals surface area (Å²) in [4.78, 5) is 28.1. The highest BCUT2D eigenvalue weighted by Crippen LogP contribution is 2.32. The molecular weight excluding hydrogens is 412 g/mol. The van der Waals surface area contributed by atoms with E-state index < -0.39 is 0 Å². The summed E-state index contributed by atoms with van der Waals surface area (Å²) >= 11 is 0. The van der Waals surface area contributed by atoms with Crippen LogP contribution in [0.1, 0.15) is 5.56 Å². The molecule has 0 aliphatic heterocycles. The van der Waals surface area contributed by atoms with Crippen LogP contribution in [0.5, 0.6) is 11.5 Å². The summed E-state index contributed by atoms with van der Waals surface area (Å²) < 4.78 is 8.94. The summed E-state index contributed by atoms with van der Waals surface area (Å²) in [5.41, 5.74) is 2.80. The smallest absolute Gasteiger partial charge is 0.248 e. The third-order valence-electron chi connectivity index (χ3n) is 4.93. The minimum atomic E-state index is -0.278. The van der Waals surface area contributed by atoms with Crippen molar-refractivity contribution < 1.29 is 19.4 Å². The predicted molar refractivity (Wildman–Crippen MR) is 119 cm³/mol. The van der Waals surface area contributed by atoms with E-state index in [9.17, 15) is 14.7 Å². The first-order chi connectivity index (χ1) is 15.6. The number of hydrogen-bond donors (Lipinski definition) is 3. The first-order valence-electron chi connectivity index (χ1n) is 9.91. The van der Waals surface area contributed by atoms with Gasteiger partial charge in [0.15, 0.2) is 0 Å². The number of aryl methyl sites for hydroxylation is 2. The van der Waals surface area contributed by atoms with Crippen molar-refractivity contribution in [2.24, 2.45) is 0 Å². The molecule has 0 aliphatic carbocycles. The van der Waals surface area contributed by atoms with Crippen molar-refractivity contribution in [3.63, 3.8) is 0 Å². The maximum atomic E-state index is 12.6. The van der Waals surface area contributed by atoms with E-state index in [4.69, 9.17) is 4.74 Å². The Balaban J connectivity index is 1.70. The highest BCUT2D eigenvalue weighted by Gasteiger charge is 2.18. The number of methoxy groups -OCH3 is 1. The molecule has 3 N–H and O–H groups in total. The lowest BCUT2D eigenvalue weighted by Gasteiger charge is -2.13. The van der Waals surface area contributed by atoms with Crippen LogP contribution in [0.2, 0.25) is 0 Å². The number of carbonyl (C=O) groups excluding carboxylic acids is 2. The van der Waals surface area contributed by atoms with Crippen LogP contribution in [0.25, 0.3) is 11.0 Å². The fourth-order valence-corrected chi connectivity index (χ4v) is 3.46. The van der Waals surface area contributed by atoms with Gasteiger partial charge in [0.2, 0.25) is 18.3 Å². The molecule has 2 aromatic heterocycles. The van der Waals surface area contributed by atoms with Crippen LogP contribution < -0.4 is 15.4 Å². The fourth-order valence-electron chi connectivity index (χ4n) is 3.46. The molecular formula is C22H22N6O4. The highest BCUT2D eigenvalue weighted by atomic mass is 16.5. The van der Waals surface area contributed by atoms with Gasteiger partial charge in [-0.1, -0.05) is 12.1 Å². The Kier molecular flexibility index (Phi) is 6.02. The minimum absolute atomic E-state index is 0.0449. The van der Waals surface area contributed by atoms with Crippen LogP contribution in [-0.2, 0) is 29.1 Å². The number of phenols is 1. The summed E-state index contributed by atoms with van der Waals surface area (Å²) in [7, 11) is 1.53. The van der Waals surface area contributed by atoms with Gasteiger partial charge in [0.05, 0.1) is 12.6 Å². The second kappa shape index (κ2) is 9.21. The first-order valence-corrected chi connectivity index (χ1v) is 9.91. The third kappa shape index (κ3) is 4.53. The van der Waals surface area contributed by atoms with Crippen LogP contribution in [0, 0.1) is 0 Å². The molecule has 0 atom stereocenters. The van der Waals surface area contributed by atoms with Gasteiger partial charge in [-0.2, -0.15) is 5.10 Å². The molecule has 0 unspecified atom stereocenters. The molecule has 10 heteroatoms. The zero-order valence-corrected chi connectivity index (χ0v) is 17.4. The molecule has 0 fully saturated rings. The van der Waals surface area contributed by atoms with Crippen LogP contribution in [0.15, 0.2) is 54.9 Å². The number of rotatable bonds is 9. The van der Waals surface area contributed by atoms with E-state index in [0.29, 0.717) is 47.8 Å². The summed E-state index contributed by atoms with van der Waals surface area (Å²) in [5, 5.41) is 19.0. The van der Waals surface area contributed by atoms with E-state index in [1.54, 1.807) is 42.7 Å². The first kappa shape index (κ1) is 20.9. The van der Waals surface area contributed by atoms with Gasteiger partial charge in [-0.15, -0.1) is 0 Å². The number of carbonyl (C=O) groups is 2. The lowest BCUT2D eigenvalue weighted by atomic mass is 10.1. The number of phenolic OH excluding ortho intramolecular Hbond substituents is 1. The summed E-state index contributed by atoms with van der Waals surface area (Å²) in [6.07, 6.45) is 4.51. The van der Waals surface area contributed by atoms with E-state index in [2.05, 4.69) is 20.7 Å². The Morgan fingerprint density at radius 1 is 1.25 bits per heavy atom. The second-order valence-electron chi connectivity index (χ2n) is 7.06. The van der Waals surface area contributed by atoms with Crippen molar-refractivity contribution in [3.8, 4) is 11.5 Å². The van der Waals surface area contributed by atoms with Crippen molar-refractivity contribution in [3.05, 3.63) is 60.4 Å². The lowest BCUT2D eigenvalue weighted by Crippen LogP contribution is -2.21. The zero-order chi connectivity index (χ0) is 22.5. The van der Waals surface area contributed by atoms with Gasteiger partial charge in [0, 0.05) is 30.7 Å². The molecule has 2 aromatic carbocycles. The maximum absolute atomic E-state index is 12.6. The van der Waals surface area contributed by atoms with E-state index >= 15 is 0 Å². The molecule has 0 aliphatic rings. The number of ether oxygens (including phenoxy) is 1. The molecule has 0 saturated carbocycles. The van der Waals surface area contributed by atoms with Crippen LogP contribution in [0.3, 0.4) is 0 Å². The number of hydrogen-bond acceptors (Lipinski definition) is 6. The number of fused-ring (bicyclic) bond motifs is 1. The van der Waals surface area contributed by atoms with E-state index in [-0.39, 0.29) is 18.2 Å². The van der Waals surface area contributed by atoms with Crippen molar-refractivity contribution in [2.75, 3.05) is 17.7 Å². The molecule has 0 spiro atoms. The van der Waals surface area contributed by atoms with E-state index in [0.717, 1.165) is 5.56 Å². The van der Waals surface area contributed by atoms with Gasteiger partial charge in [0.25, 0.3) is 0 Å². The number of nitrogens with zero attached hydrogens (tertiary/aromatic N) is 4. The number of aromatic hydroxyl groups is 1. The molecule has 10 nitrogen and oxygen atoms in total. The quantitative estimate of drug-likeness (QED) is 0.348. The average Bonchev–Trinajstić information content (AvgIpc) is 3.40. The maximum Gasteiger partial charge on any atom is 0.248 e. The fraction of sp³-hybridized carbons (Fsp3) is 0.182. The Morgan fingerprint density at radius 2 is 2.06 bits per heavy atom. The molecule has 0 radical (unpaired) electrons. The van der Waals surface area contributed by atoms with Gasteiger partial charge in [-0.3, -0.25) is 19.6 Å². The average molecular weight is 434 g/mol. The van der Waals surface area contributed by atoms with Gasteiger partial charge >= 0.3 is 0 Å². The predicted octanol–water partition coefficient (Wildman–Crippen LogP) is 2.40. The van der Waals surface area contributed by atoms with Crippen LogP contribution in [0.4, 0.5) is 11.6 Å².